The lowest BCUT2D eigenvalue weighted by atomic mass is 10.2. The molecular formula is C7H17N. The SMILES string of the molecule is [3H]C(N)CCCCCC. The molecule has 0 aliphatic heterocycles. The lowest BCUT2D eigenvalue weighted by Gasteiger charge is -1.93. The second-order valence-electron chi connectivity index (χ2n) is 2.09. The summed E-state index contributed by atoms with van der Waals surface area (Å²) in [5.41, 5.74) is 5.24. The fraction of sp³-hybridized carbons (Fsp3) is 1.00. The van der Waals surface area contributed by atoms with Crippen molar-refractivity contribution in [3.63, 3.8) is 0 Å². The second-order valence-corrected chi connectivity index (χ2v) is 2.09. The Kier molecular flexibility index (Phi) is 5.29. The highest BCUT2D eigenvalue weighted by atomic mass is 14.5. The standard InChI is InChI=1S/C7H17N/c1-2-3-4-5-6-7-8/h2-8H2,1H3/i7T. The third kappa shape index (κ3) is 5.96. The summed E-state index contributed by atoms with van der Waals surface area (Å²) < 4.78 is 6.99. The molecule has 0 spiro atoms. The normalized spacial score (nSPS) is 15.5. The molecule has 0 aliphatic rings. The van der Waals surface area contributed by atoms with Crippen molar-refractivity contribution in [1.82, 2.24) is 0 Å². The molecule has 1 atom stereocenters. The number of hydrogen-bond donors (Lipinski definition) is 1. The van der Waals surface area contributed by atoms with E-state index in [0.29, 0.717) is 0 Å². The Labute approximate surface area is 53.7 Å². The van der Waals surface area contributed by atoms with E-state index in [1.54, 1.807) is 0 Å². The van der Waals surface area contributed by atoms with Crippen LogP contribution in [-0.4, -0.2) is 6.52 Å². The van der Waals surface area contributed by atoms with Gasteiger partial charge in [-0.3, -0.25) is 0 Å². The average molecular weight is 117 g/mol. The zero-order valence-corrected chi connectivity index (χ0v) is 5.69. The first kappa shape index (κ1) is 6.09. The van der Waals surface area contributed by atoms with Crippen molar-refractivity contribution >= 4 is 0 Å². The smallest absolute Gasteiger partial charge is 0.0425 e. The third-order valence-corrected chi connectivity index (χ3v) is 1.22. The molecule has 0 aromatic heterocycles. The van der Waals surface area contributed by atoms with E-state index in [1.165, 1.54) is 19.3 Å². The van der Waals surface area contributed by atoms with Crippen molar-refractivity contribution in [3.05, 3.63) is 0 Å². The first-order chi connectivity index (χ1) is 4.27. The summed E-state index contributed by atoms with van der Waals surface area (Å²) in [5.74, 6) is 0. The molecule has 0 saturated carbocycles. The molecule has 0 fully saturated rings. The van der Waals surface area contributed by atoms with E-state index >= 15 is 0 Å². The van der Waals surface area contributed by atoms with Crippen molar-refractivity contribution in [2.75, 3.05) is 6.52 Å². The maximum Gasteiger partial charge on any atom is 0.0425 e. The Morgan fingerprint density at radius 1 is 1.25 bits per heavy atom. The topological polar surface area (TPSA) is 26.0 Å². The highest BCUT2D eigenvalue weighted by Gasteiger charge is 1.83. The fourth-order valence-electron chi connectivity index (χ4n) is 0.689. The molecule has 2 N–H and O–H groups in total. The predicted molar refractivity (Wildman–Crippen MR) is 37.8 cm³/mol. The third-order valence-electron chi connectivity index (χ3n) is 1.22. The van der Waals surface area contributed by atoms with E-state index in [4.69, 9.17) is 7.10 Å². The first-order valence-electron chi connectivity index (χ1n) is 4.03. The molecule has 50 valence electrons. The van der Waals surface area contributed by atoms with Gasteiger partial charge in [-0.2, -0.15) is 0 Å². The Balaban J connectivity index is 2.75. The van der Waals surface area contributed by atoms with E-state index in [2.05, 4.69) is 6.92 Å². The molecule has 1 nitrogen and oxygen atoms in total. The van der Waals surface area contributed by atoms with Crippen LogP contribution < -0.4 is 5.73 Å². The highest BCUT2D eigenvalue weighted by molar-refractivity contribution is 4.41. The van der Waals surface area contributed by atoms with Gasteiger partial charge in [-0.1, -0.05) is 32.6 Å². The van der Waals surface area contributed by atoms with Gasteiger partial charge >= 0.3 is 0 Å². The predicted octanol–water partition coefficient (Wildman–Crippen LogP) is 1.92. The summed E-state index contributed by atoms with van der Waals surface area (Å²) in [5, 5.41) is 0. The minimum absolute atomic E-state index is 0.346. The van der Waals surface area contributed by atoms with Gasteiger partial charge in [0.25, 0.3) is 0 Å². The minimum Gasteiger partial charge on any atom is -0.330 e. The molecule has 0 rings (SSSR count). The number of hydrogen-bond acceptors (Lipinski definition) is 1. The van der Waals surface area contributed by atoms with Crippen LogP contribution in [0.3, 0.4) is 0 Å². The van der Waals surface area contributed by atoms with Gasteiger partial charge in [-0.15, -0.1) is 0 Å². The zero-order valence-electron chi connectivity index (χ0n) is 6.69. The van der Waals surface area contributed by atoms with Crippen LogP contribution in [0.4, 0.5) is 0 Å². The summed E-state index contributed by atoms with van der Waals surface area (Å²) in [7, 11) is 0. The maximum atomic E-state index is 6.99. The molecule has 0 aromatic carbocycles. The van der Waals surface area contributed by atoms with Crippen molar-refractivity contribution in [2.45, 2.75) is 39.0 Å². The Bertz CT molecular complexity index is 54.9. The molecule has 0 amide bonds. The monoisotopic (exact) mass is 117 g/mol. The van der Waals surface area contributed by atoms with Gasteiger partial charge in [0, 0.05) is 1.37 Å². The quantitative estimate of drug-likeness (QED) is 0.547. The molecule has 0 heterocycles. The van der Waals surface area contributed by atoms with Crippen LogP contribution in [0, 0.1) is 0 Å². The zero-order chi connectivity index (χ0) is 7.11. The molecular weight excluding hydrogens is 98.1 g/mol. The number of rotatable bonds is 5. The molecule has 0 aliphatic carbocycles. The summed E-state index contributed by atoms with van der Waals surface area (Å²) in [4.78, 5) is 0. The molecule has 1 unspecified atom stereocenters. The van der Waals surface area contributed by atoms with Gasteiger partial charge in [0.2, 0.25) is 0 Å². The summed E-state index contributed by atoms with van der Waals surface area (Å²) in [6.07, 6.45) is 5.77. The van der Waals surface area contributed by atoms with Crippen LogP contribution in [0.25, 0.3) is 0 Å². The van der Waals surface area contributed by atoms with E-state index in [1.807, 2.05) is 0 Å². The van der Waals surface area contributed by atoms with Crippen LogP contribution in [0.5, 0.6) is 0 Å². The Morgan fingerprint density at radius 2 is 1.88 bits per heavy atom. The maximum absolute atomic E-state index is 6.99. The second kappa shape index (κ2) is 6.96. The lowest BCUT2D eigenvalue weighted by Crippen LogP contribution is -1.97. The summed E-state index contributed by atoms with van der Waals surface area (Å²) in [6.45, 7) is 1.84. The fourth-order valence-corrected chi connectivity index (χ4v) is 0.689. The van der Waals surface area contributed by atoms with Gasteiger partial charge in [0.05, 0.1) is 0 Å². The number of unbranched alkanes of at least 4 members (excludes halogenated alkanes) is 3. The average Bonchev–Trinajstić information content (AvgIpc) is 1.80. The molecule has 0 saturated heterocycles. The van der Waals surface area contributed by atoms with Crippen molar-refractivity contribution in [3.8, 4) is 0 Å². The van der Waals surface area contributed by atoms with Crippen molar-refractivity contribution in [1.29, 1.82) is 0 Å². The van der Waals surface area contributed by atoms with Gasteiger partial charge in [0.15, 0.2) is 0 Å². The van der Waals surface area contributed by atoms with Gasteiger partial charge in [-0.05, 0) is 12.9 Å². The van der Waals surface area contributed by atoms with E-state index in [9.17, 15) is 0 Å². The first-order valence-corrected chi connectivity index (χ1v) is 3.45. The van der Waals surface area contributed by atoms with Crippen LogP contribution in [-0.2, 0) is 0 Å². The van der Waals surface area contributed by atoms with Gasteiger partial charge in [-0.25, -0.2) is 0 Å². The number of nitrogens with two attached hydrogens (primary N) is 1. The van der Waals surface area contributed by atoms with E-state index < -0.39 is 0 Å². The Hall–Kier alpha value is -0.0400. The van der Waals surface area contributed by atoms with Crippen LogP contribution in [0.2, 0.25) is 0 Å². The highest BCUT2D eigenvalue weighted by Crippen LogP contribution is 2.00. The molecule has 0 radical (unpaired) electrons. The van der Waals surface area contributed by atoms with E-state index in [0.717, 1.165) is 12.8 Å². The van der Waals surface area contributed by atoms with Crippen LogP contribution >= 0.6 is 0 Å². The summed E-state index contributed by atoms with van der Waals surface area (Å²) in [6, 6.07) is 0. The largest absolute Gasteiger partial charge is 0.330 e. The molecule has 1 heteroatoms. The lowest BCUT2D eigenvalue weighted by molar-refractivity contribution is 0.638. The molecule has 0 bridgehead atoms. The Morgan fingerprint density at radius 3 is 2.38 bits per heavy atom. The molecule has 0 aromatic rings. The van der Waals surface area contributed by atoms with Crippen LogP contribution in [0.15, 0.2) is 0 Å². The minimum atomic E-state index is -0.346. The summed E-state index contributed by atoms with van der Waals surface area (Å²) >= 11 is 0. The van der Waals surface area contributed by atoms with Crippen LogP contribution in [0.1, 0.15) is 40.4 Å². The van der Waals surface area contributed by atoms with E-state index in [-0.39, 0.29) is 6.52 Å². The van der Waals surface area contributed by atoms with Crippen molar-refractivity contribution < 1.29 is 1.37 Å². The van der Waals surface area contributed by atoms with Crippen molar-refractivity contribution in [2.24, 2.45) is 5.73 Å². The van der Waals surface area contributed by atoms with Gasteiger partial charge < -0.3 is 5.73 Å². The molecule has 8 heavy (non-hydrogen) atoms. The van der Waals surface area contributed by atoms with Gasteiger partial charge in [0.1, 0.15) is 0 Å².